The molecule has 3 aromatic carbocycles. The summed E-state index contributed by atoms with van der Waals surface area (Å²) in [5.74, 6) is 0. The molecule has 0 aliphatic rings. The normalized spacial score (nSPS) is 10.9. The van der Waals surface area contributed by atoms with Crippen molar-refractivity contribution in [3.63, 3.8) is 0 Å². The van der Waals surface area contributed by atoms with Crippen LogP contribution in [0, 0.1) is 0 Å². The van der Waals surface area contributed by atoms with E-state index < -0.39 is 0 Å². The minimum atomic E-state index is 0.874. The lowest BCUT2D eigenvalue weighted by atomic mass is 9.92. The molecule has 0 unspecified atom stereocenters. The van der Waals surface area contributed by atoms with Gasteiger partial charge < -0.3 is 0 Å². The third kappa shape index (κ3) is 2.43. The zero-order valence-corrected chi connectivity index (χ0v) is 14.1. The van der Waals surface area contributed by atoms with Crippen molar-refractivity contribution < 1.29 is 0 Å². The second-order valence-electron chi connectivity index (χ2n) is 4.74. The van der Waals surface area contributed by atoms with Gasteiger partial charge in [-0.15, -0.1) is 0 Å². The lowest BCUT2D eigenvalue weighted by Crippen LogP contribution is -1.93. The maximum absolute atomic E-state index is 3.63. The van der Waals surface area contributed by atoms with Gasteiger partial charge in [-0.25, -0.2) is 0 Å². The summed E-state index contributed by atoms with van der Waals surface area (Å²) in [6, 6.07) is 21.6. The molecule has 0 radical (unpaired) electrons. The Labute approximate surface area is 136 Å². The van der Waals surface area contributed by atoms with E-state index >= 15 is 0 Å². The highest BCUT2D eigenvalue weighted by Gasteiger charge is 2.11. The first-order valence-electron chi connectivity index (χ1n) is 6.56. The fourth-order valence-corrected chi connectivity index (χ4v) is 3.79. The Morgan fingerprint density at radius 3 is 2.00 bits per heavy atom. The Morgan fingerprint density at radius 2 is 1.35 bits per heavy atom. The predicted molar refractivity (Wildman–Crippen MR) is 94.6 cm³/mol. The topological polar surface area (TPSA) is 0 Å². The number of hydrogen-bond donors (Lipinski definition) is 0. The fraction of sp³-hybridized carbons (Fsp3) is 0.111. The van der Waals surface area contributed by atoms with Gasteiger partial charge in [0.1, 0.15) is 0 Å². The van der Waals surface area contributed by atoms with Crippen molar-refractivity contribution in [2.45, 2.75) is 10.7 Å². The molecule has 3 rings (SSSR count). The Balaban J connectivity index is 2.38. The summed E-state index contributed by atoms with van der Waals surface area (Å²) in [7, 11) is 0. The largest absolute Gasteiger partial charge is 0.0876 e. The third-order valence-electron chi connectivity index (χ3n) is 3.61. The van der Waals surface area contributed by atoms with Crippen LogP contribution in [0.5, 0.6) is 0 Å². The number of hydrogen-bond acceptors (Lipinski definition) is 0. The van der Waals surface area contributed by atoms with Crippen LogP contribution in [0.4, 0.5) is 0 Å². The summed E-state index contributed by atoms with van der Waals surface area (Å²) < 4.78 is 0. The smallest absolute Gasteiger partial charge is 0.0292 e. The Kier molecular flexibility index (Phi) is 4.23. The molecule has 0 fully saturated rings. The minimum absolute atomic E-state index is 0.874. The van der Waals surface area contributed by atoms with Crippen LogP contribution in [-0.4, -0.2) is 0 Å². The van der Waals surface area contributed by atoms with Crippen LogP contribution in [0.1, 0.15) is 11.1 Å². The zero-order valence-electron chi connectivity index (χ0n) is 10.9. The second-order valence-corrected chi connectivity index (χ2v) is 5.86. The van der Waals surface area contributed by atoms with E-state index in [1.54, 1.807) is 0 Å². The van der Waals surface area contributed by atoms with E-state index in [2.05, 4.69) is 92.5 Å². The number of alkyl halides is 2. The van der Waals surface area contributed by atoms with Gasteiger partial charge in [-0.3, -0.25) is 0 Å². The monoisotopic (exact) mass is 388 g/mol. The Bertz CT molecular complexity index is 733. The standard InChI is InChI=1S/C18H14Br2/c19-11-14-10-17(13-6-2-1-3-7-13)15-8-4-5-9-16(15)18(14)12-20/h1-10H,11-12H2. The summed E-state index contributed by atoms with van der Waals surface area (Å²) in [6.07, 6.45) is 0. The van der Waals surface area contributed by atoms with Crippen molar-refractivity contribution in [2.24, 2.45) is 0 Å². The molecule has 0 aliphatic heterocycles. The van der Waals surface area contributed by atoms with Gasteiger partial charge in [0.05, 0.1) is 0 Å². The van der Waals surface area contributed by atoms with Crippen molar-refractivity contribution in [2.75, 3.05) is 0 Å². The van der Waals surface area contributed by atoms with Crippen molar-refractivity contribution in [3.05, 3.63) is 71.8 Å². The first-order chi connectivity index (χ1) is 9.85. The molecule has 0 amide bonds. The lowest BCUT2D eigenvalue weighted by molar-refractivity contribution is 1.34. The van der Waals surface area contributed by atoms with E-state index in [0.717, 1.165) is 10.7 Å². The van der Waals surface area contributed by atoms with Gasteiger partial charge in [0.15, 0.2) is 0 Å². The summed E-state index contributed by atoms with van der Waals surface area (Å²) in [4.78, 5) is 0. The fourth-order valence-electron chi connectivity index (χ4n) is 2.63. The molecule has 0 bridgehead atoms. The van der Waals surface area contributed by atoms with Crippen molar-refractivity contribution in [1.82, 2.24) is 0 Å². The number of fused-ring (bicyclic) bond motifs is 1. The average molecular weight is 390 g/mol. The molecule has 0 saturated heterocycles. The maximum atomic E-state index is 3.63. The van der Waals surface area contributed by atoms with Crippen LogP contribution in [0.3, 0.4) is 0 Å². The van der Waals surface area contributed by atoms with Gasteiger partial charge in [-0.2, -0.15) is 0 Å². The Morgan fingerprint density at radius 1 is 0.700 bits per heavy atom. The van der Waals surface area contributed by atoms with E-state index in [1.165, 1.54) is 33.0 Å². The van der Waals surface area contributed by atoms with E-state index in [1.807, 2.05) is 0 Å². The highest BCUT2D eigenvalue weighted by Crippen LogP contribution is 2.35. The van der Waals surface area contributed by atoms with Crippen LogP contribution in [-0.2, 0) is 10.7 Å². The summed E-state index contributed by atoms with van der Waals surface area (Å²) >= 11 is 7.25. The second kappa shape index (κ2) is 6.11. The molecule has 0 N–H and O–H groups in total. The van der Waals surface area contributed by atoms with Gasteiger partial charge >= 0.3 is 0 Å². The quantitative estimate of drug-likeness (QED) is 0.461. The third-order valence-corrected chi connectivity index (χ3v) is 4.78. The predicted octanol–water partition coefficient (Wildman–Crippen LogP) is 6.30. The van der Waals surface area contributed by atoms with Gasteiger partial charge in [-0.1, -0.05) is 86.5 Å². The van der Waals surface area contributed by atoms with Crippen LogP contribution in [0.2, 0.25) is 0 Å². The van der Waals surface area contributed by atoms with Gasteiger partial charge in [0, 0.05) is 10.7 Å². The van der Waals surface area contributed by atoms with Crippen LogP contribution >= 0.6 is 31.9 Å². The van der Waals surface area contributed by atoms with Crippen molar-refractivity contribution in [3.8, 4) is 11.1 Å². The van der Waals surface area contributed by atoms with Crippen LogP contribution in [0.25, 0.3) is 21.9 Å². The van der Waals surface area contributed by atoms with E-state index in [-0.39, 0.29) is 0 Å². The van der Waals surface area contributed by atoms with E-state index in [4.69, 9.17) is 0 Å². The molecule has 0 heterocycles. The molecule has 2 heteroatoms. The molecule has 0 aromatic heterocycles. The van der Waals surface area contributed by atoms with Gasteiger partial charge in [-0.05, 0) is 39.1 Å². The minimum Gasteiger partial charge on any atom is -0.0876 e. The summed E-state index contributed by atoms with van der Waals surface area (Å²) in [5, 5.41) is 4.40. The summed E-state index contributed by atoms with van der Waals surface area (Å²) in [6.45, 7) is 0. The van der Waals surface area contributed by atoms with Crippen LogP contribution < -0.4 is 0 Å². The maximum Gasteiger partial charge on any atom is 0.0292 e. The Hall–Kier alpha value is -1.12. The first-order valence-corrected chi connectivity index (χ1v) is 8.80. The van der Waals surface area contributed by atoms with Crippen LogP contribution in [0.15, 0.2) is 60.7 Å². The number of halogens is 2. The van der Waals surface area contributed by atoms with Crippen molar-refractivity contribution >= 4 is 42.6 Å². The summed E-state index contributed by atoms with van der Waals surface area (Å²) in [5.41, 5.74) is 5.30. The molecule has 0 saturated carbocycles. The van der Waals surface area contributed by atoms with Crippen molar-refractivity contribution in [1.29, 1.82) is 0 Å². The number of benzene rings is 3. The molecule has 0 nitrogen and oxygen atoms in total. The molecule has 0 aliphatic carbocycles. The van der Waals surface area contributed by atoms with E-state index in [9.17, 15) is 0 Å². The highest BCUT2D eigenvalue weighted by atomic mass is 79.9. The SMILES string of the molecule is BrCc1cc(-c2ccccc2)c2ccccc2c1CBr. The van der Waals surface area contributed by atoms with E-state index in [0.29, 0.717) is 0 Å². The van der Waals surface area contributed by atoms with Gasteiger partial charge in [0.2, 0.25) is 0 Å². The molecular formula is C18H14Br2. The molecule has 100 valence electrons. The molecule has 20 heavy (non-hydrogen) atoms. The zero-order chi connectivity index (χ0) is 13.9. The first kappa shape index (κ1) is 13.8. The lowest BCUT2D eigenvalue weighted by Gasteiger charge is -2.14. The van der Waals surface area contributed by atoms with Gasteiger partial charge in [0.25, 0.3) is 0 Å². The molecular weight excluding hydrogens is 376 g/mol. The molecule has 0 atom stereocenters. The average Bonchev–Trinajstić information content (AvgIpc) is 2.54. The molecule has 0 spiro atoms. The number of rotatable bonds is 3. The molecule has 3 aromatic rings. The highest BCUT2D eigenvalue weighted by molar-refractivity contribution is 9.09.